The number of rotatable bonds is 6. The van der Waals surface area contributed by atoms with E-state index in [4.69, 9.17) is 9.47 Å². The summed E-state index contributed by atoms with van der Waals surface area (Å²) in [5, 5.41) is 9.69. The van der Waals surface area contributed by atoms with Crippen LogP contribution in [0, 0.1) is 0 Å². The Bertz CT molecular complexity index is 977. The molecular weight excluding hydrogens is 346 g/mol. The molecule has 3 rings (SSSR count). The second kappa shape index (κ2) is 7.74. The summed E-state index contributed by atoms with van der Waals surface area (Å²) < 4.78 is 10.6. The molecule has 0 spiro atoms. The molecule has 0 unspecified atom stereocenters. The number of aromatic nitrogens is 2. The van der Waals surface area contributed by atoms with E-state index in [1.165, 1.54) is 6.92 Å². The number of carbonyl (C=O) groups is 2. The van der Waals surface area contributed by atoms with Gasteiger partial charge in [0.05, 0.1) is 19.9 Å². The van der Waals surface area contributed by atoms with Gasteiger partial charge >= 0.3 is 0 Å². The second-order valence-electron chi connectivity index (χ2n) is 5.82. The van der Waals surface area contributed by atoms with Crippen molar-refractivity contribution in [2.24, 2.45) is 0 Å². The van der Waals surface area contributed by atoms with Gasteiger partial charge in [-0.2, -0.15) is 5.10 Å². The SMILES string of the molecule is COc1ccc(-c2cc(C(=O)Nc3ccc(C(C)=O)cc3)[nH]n2)c(OC)c1. The van der Waals surface area contributed by atoms with Gasteiger partial charge in [-0.05, 0) is 49.4 Å². The van der Waals surface area contributed by atoms with E-state index in [-0.39, 0.29) is 11.7 Å². The van der Waals surface area contributed by atoms with Crippen LogP contribution in [0.25, 0.3) is 11.3 Å². The Morgan fingerprint density at radius 2 is 1.74 bits per heavy atom. The lowest BCUT2D eigenvalue weighted by Gasteiger charge is -2.08. The van der Waals surface area contributed by atoms with Crippen LogP contribution in [0.15, 0.2) is 48.5 Å². The van der Waals surface area contributed by atoms with Crippen LogP contribution in [0.2, 0.25) is 0 Å². The molecule has 0 bridgehead atoms. The summed E-state index contributed by atoms with van der Waals surface area (Å²) >= 11 is 0. The molecule has 27 heavy (non-hydrogen) atoms. The minimum Gasteiger partial charge on any atom is -0.497 e. The van der Waals surface area contributed by atoms with Gasteiger partial charge in [0.2, 0.25) is 0 Å². The summed E-state index contributed by atoms with van der Waals surface area (Å²) in [4.78, 5) is 23.7. The lowest BCUT2D eigenvalue weighted by Crippen LogP contribution is -2.12. The molecule has 1 amide bonds. The number of methoxy groups -OCH3 is 2. The number of ketones is 1. The van der Waals surface area contributed by atoms with E-state index in [9.17, 15) is 9.59 Å². The Balaban J connectivity index is 1.79. The summed E-state index contributed by atoms with van der Waals surface area (Å²) in [5.74, 6) is 0.891. The van der Waals surface area contributed by atoms with Gasteiger partial charge in [-0.1, -0.05) is 0 Å². The van der Waals surface area contributed by atoms with E-state index in [1.807, 2.05) is 6.07 Å². The molecule has 0 aliphatic carbocycles. The largest absolute Gasteiger partial charge is 0.497 e. The number of H-pyrrole nitrogens is 1. The molecule has 138 valence electrons. The highest BCUT2D eigenvalue weighted by atomic mass is 16.5. The summed E-state index contributed by atoms with van der Waals surface area (Å²) in [6.45, 7) is 1.49. The highest BCUT2D eigenvalue weighted by molar-refractivity contribution is 6.04. The van der Waals surface area contributed by atoms with Gasteiger partial charge in [-0.15, -0.1) is 0 Å². The van der Waals surface area contributed by atoms with Crippen LogP contribution in [-0.4, -0.2) is 36.1 Å². The van der Waals surface area contributed by atoms with Gasteiger partial charge in [0.25, 0.3) is 5.91 Å². The summed E-state index contributed by atoms with van der Waals surface area (Å²) in [6.07, 6.45) is 0. The number of carbonyl (C=O) groups excluding carboxylic acids is 2. The maximum absolute atomic E-state index is 12.4. The van der Waals surface area contributed by atoms with Crippen LogP contribution in [0.1, 0.15) is 27.8 Å². The highest BCUT2D eigenvalue weighted by Crippen LogP contribution is 2.32. The first-order chi connectivity index (χ1) is 13.0. The number of hydrogen-bond acceptors (Lipinski definition) is 5. The fourth-order valence-corrected chi connectivity index (χ4v) is 2.57. The third-order valence-corrected chi connectivity index (χ3v) is 4.06. The highest BCUT2D eigenvalue weighted by Gasteiger charge is 2.15. The van der Waals surface area contributed by atoms with Crippen molar-refractivity contribution < 1.29 is 19.1 Å². The number of aromatic amines is 1. The van der Waals surface area contributed by atoms with E-state index in [0.717, 1.165) is 5.56 Å². The molecule has 0 saturated heterocycles. The van der Waals surface area contributed by atoms with Crippen molar-refractivity contribution in [2.75, 3.05) is 19.5 Å². The fraction of sp³-hybridized carbons (Fsp3) is 0.150. The summed E-state index contributed by atoms with van der Waals surface area (Å²) in [7, 11) is 3.14. The number of anilines is 1. The van der Waals surface area contributed by atoms with Crippen LogP contribution in [0.4, 0.5) is 5.69 Å². The average Bonchev–Trinajstić information content (AvgIpc) is 3.18. The molecule has 1 heterocycles. The van der Waals surface area contributed by atoms with Crippen molar-refractivity contribution in [3.05, 3.63) is 59.8 Å². The molecule has 2 aromatic carbocycles. The first-order valence-corrected chi connectivity index (χ1v) is 8.22. The minimum atomic E-state index is -0.336. The number of ether oxygens (including phenoxy) is 2. The molecule has 0 aliphatic rings. The fourth-order valence-electron chi connectivity index (χ4n) is 2.57. The lowest BCUT2D eigenvalue weighted by molar-refractivity contribution is 0.101. The molecule has 0 atom stereocenters. The first-order valence-electron chi connectivity index (χ1n) is 8.22. The molecule has 3 aromatic rings. The van der Waals surface area contributed by atoms with Crippen LogP contribution in [-0.2, 0) is 0 Å². The summed E-state index contributed by atoms with van der Waals surface area (Å²) in [6, 6.07) is 13.7. The standard InChI is InChI=1S/C20H19N3O4/c1-12(24)13-4-6-14(7-5-13)21-20(25)18-11-17(22-23-18)16-9-8-15(26-2)10-19(16)27-3/h4-11H,1-3H3,(H,21,25)(H,22,23). The smallest absolute Gasteiger partial charge is 0.273 e. The normalized spacial score (nSPS) is 10.3. The third-order valence-electron chi connectivity index (χ3n) is 4.06. The zero-order chi connectivity index (χ0) is 19.4. The monoisotopic (exact) mass is 365 g/mol. The maximum Gasteiger partial charge on any atom is 0.273 e. The predicted molar refractivity (Wildman–Crippen MR) is 102 cm³/mol. The van der Waals surface area contributed by atoms with Crippen molar-refractivity contribution in [3.8, 4) is 22.8 Å². The van der Waals surface area contributed by atoms with Crippen molar-refractivity contribution in [2.45, 2.75) is 6.92 Å². The van der Waals surface area contributed by atoms with Gasteiger partial charge in [0.15, 0.2) is 5.78 Å². The van der Waals surface area contributed by atoms with Gasteiger partial charge in [0.1, 0.15) is 17.2 Å². The van der Waals surface area contributed by atoms with E-state index < -0.39 is 0 Å². The van der Waals surface area contributed by atoms with Gasteiger partial charge in [-0.25, -0.2) is 0 Å². The third kappa shape index (κ3) is 3.98. The number of nitrogens with one attached hydrogen (secondary N) is 2. The molecule has 0 fully saturated rings. The zero-order valence-electron chi connectivity index (χ0n) is 15.2. The Hall–Kier alpha value is -3.61. The van der Waals surface area contributed by atoms with E-state index in [1.54, 1.807) is 56.7 Å². The molecule has 7 heteroatoms. The van der Waals surface area contributed by atoms with Gasteiger partial charge in [0, 0.05) is 22.9 Å². The van der Waals surface area contributed by atoms with Crippen LogP contribution in [0.5, 0.6) is 11.5 Å². The maximum atomic E-state index is 12.4. The van der Waals surface area contributed by atoms with Gasteiger partial charge < -0.3 is 14.8 Å². The lowest BCUT2D eigenvalue weighted by atomic mass is 10.1. The van der Waals surface area contributed by atoms with Crippen molar-refractivity contribution in [1.29, 1.82) is 0 Å². The van der Waals surface area contributed by atoms with Crippen LogP contribution in [0.3, 0.4) is 0 Å². The Morgan fingerprint density at radius 3 is 2.37 bits per heavy atom. The molecule has 0 radical (unpaired) electrons. The predicted octanol–water partition coefficient (Wildman–Crippen LogP) is 3.55. The van der Waals surface area contributed by atoms with Crippen molar-refractivity contribution in [1.82, 2.24) is 10.2 Å². The minimum absolute atomic E-state index is 0.0282. The quantitative estimate of drug-likeness (QED) is 0.652. The van der Waals surface area contributed by atoms with Crippen molar-refractivity contribution in [3.63, 3.8) is 0 Å². The van der Waals surface area contributed by atoms with E-state index in [0.29, 0.717) is 34.1 Å². The number of benzene rings is 2. The van der Waals surface area contributed by atoms with Crippen molar-refractivity contribution >= 4 is 17.4 Å². The number of amides is 1. The zero-order valence-corrected chi connectivity index (χ0v) is 15.2. The average molecular weight is 365 g/mol. The summed E-state index contributed by atoms with van der Waals surface area (Å²) in [5.41, 5.74) is 2.79. The van der Waals surface area contributed by atoms with E-state index in [2.05, 4.69) is 15.5 Å². The Kier molecular flexibility index (Phi) is 5.21. The molecule has 7 nitrogen and oxygen atoms in total. The molecule has 0 aliphatic heterocycles. The Labute approximate surface area is 156 Å². The van der Waals surface area contributed by atoms with E-state index >= 15 is 0 Å². The number of Topliss-reactive ketones (excluding diaryl/α,β-unsaturated/α-hetero) is 1. The Morgan fingerprint density at radius 1 is 1.00 bits per heavy atom. The van der Waals surface area contributed by atoms with Gasteiger partial charge in [-0.3, -0.25) is 14.7 Å². The first kappa shape index (κ1) is 18.2. The molecule has 1 aromatic heterocycles. The topological polar surface area (TPSA) is 93.3 Å². The number of hydrogen-bond donors (Lipinski definition) is 2. The second-order valence-corrected chi connectivity index (χ2v) is 5.82. The number of nitrogens with zero attached hydrogens (tertiary/aromatic N) is 1. The molecular formula is C20H19N3O4. The van der Waals surface area contributed by atoms with Crippen LogP contribution < -0.4 is 14.8 Å². The van der Waals surface area contributed by atoms with Crippen LogP contribution >= 0.6 is 0 Å². The molecule has 0 saturated carbocycles. The molecule has 2 N–H and O–H groups in total.